The van der Waals surface area contributed by atoms with E-state index in [0.717, 1.165) is 18.8 Å². The number of Topliss-reactive ketones (excluding diaryl/α,β-unsaturated/α-hetero) is 1. The quantitative estimate of drug-likeness (QED) is 0.651. The van der Waals surface area contributed by atoms with Crippen LogP contribution in [0.15, 0.2) is 23.3 Å². The maximum Gasteiger partial charge on any atom is 0.173 e. The van der Waals surface area contributed by atoms with E-state index in [-0.39, 0.29) is 17.6 Å². The highest BCUT2D eigenvalue weighted by atomic mass is 16.1. The minimum Gasteiger partial charge on any atom is -0.295 e. The fourth-order valence-corrected chi connectivity index (χ4v) is 7.21. The Bertz CT molecular complexity index is 755. The minimum atomic E-state index is -0.00414. The van der Waals surface area contributed by atoms with Crippen LogP contribution in [0.5, 0.6) is 0 Å². The zero-order valence-electron chi connectivity index (χ0n) is 15.3. The van der Waals surface area contributed by atoms with Crippen LogP contribution in [0.4, 0.5) is 0 Å². The molecular formula is C23H27NO2. The topological polar surface area (TPSA) is 57.9 Å². The van der Waals surface area contributed by atoms with E-state index in [9.17, 15) is 14.9 Å². The van der Waals surface area contributed by atoms with Gasteiger partial charge >= 0.3 is 0 Å². The van der Waals surface area contributed by atoms with Crippen molar-refractivity contribution in [1.29, 1.82) is 5.26 Å². The van der Waals surface area contributed by atoms with Gasteiger partial charge in [-0.25, -0.2) is 0 Å². The van der Waals surface area contributed by atoms with E-state index < -0.39 is 0 Å². The average Bonchev–Trinajstić information content (AvgIpc) is 2.66. The van der Waals surface area contributed by atoms with Gasteiger partial charge in [-0.05, 0) is 67.8 Å². The van der Waals surface area contributed by atoms with Crippen molar-refractivity contribution in [3.63, 3.8) is 0 Å². The van der Waals surface area contributed by atoms with E-state index in [1.807, 2.05) is 12.2 Å². The summed E-state index contributed by atoms with van der Waals surface area (Å²) in [6, 6.07) is 2.09. The van der Waals surface area contributed by atoms with Gasteiger partial charge in [0.05, 0.1) is 5.57 Å². The van der Waals surface area contributed by atoms with Gasteiger partial charge in [0.25, 0.3) is 0 Å². The van der Waals surface area contributed by atoms with E-state index in [0.29, 0.717) is 41.4 Å². The Balaban J connectivity index is 1.51. The van der Waals surface area contributed by atoms with Gasteiger partial charge in [0.1, 0.15) is 6.07 Å². The Kier molecular flexibility index (Phi) is 3.92. The summed E-state index contributed by atoms with van der Waals surface area (Å²) < 4.78 is 0. The molecule has 0 aromatic carbocycles. The molecule has 3 fully saturated rings. The summed E-state index contributed by atoms with van der Waals surface area (Å²) in [5.41, 5.74) is 1.58. The molecule has 0 spiro atoms. The van der Waals surface area contributed by atoms with Crippen LogP contribution in [0.1, 0.15) is 57.8 Å². The van der Waals surface area contributed by atoms with Gasteiger partial charge < -0.3 is 0 Å². The number of nitrogens with zero attached hydrogens (tertiary/aromatic N) is 1. The Morgan fingerprint density at radius 2 is 1.73 bits per heavy atom. The molecule has 0 aliphatic heterocycles. The summed E-state index contributed by atoms with van der Waals surface area (Å²) in [7, 11) is 0. The Morgan fingerprint density at radius 3 is 2.58 bits per heavy atom. The van der Waals surface area contributed by atoms with Gasteiger partial charge in [0.15, 0.2) is 11.6 Å². The van der Waals surface area contributed by atoms with Gasteiger partial charge in [0.2, 0.25) is 0 Å². The number of hydrogen-bond acceptors (Lipinski definition) is 3. The molecule has 0 N–H and O–H groups in total. The normalized spacial score (nSPS) is 44.5. The highest BCUT2D eigenvalue weighted by molar-refractivity contribution is 6.00. The maximum atomic E-state index is 13.2. The predicted octanol–water partition coefficient (Wildman–Crippen LogP) is 4.39. The Morgan fingerprint density at radius 1 is 0.923 bits per heavy atom. The largest absolute Gasteiger partial charge is 0.295 e. The molecule has 0 aromatic heterocycles. The molecular weight excluding hydrogens is 322 g/mol. The lowest BCUT2D eigenvalue weighted by Crippen LogP contribution is -2.48. The number of allylic oxidation sites excluding steroid dienone is 4. The lowest BCUT2D eigenvalue weighted by molar-refractivity contribution is -0.128. The number of nitriles is 1. The summed E-state index contributed by atoms with van der Waals surface area (Å²) in [5.74, 6) is 3.47. The van der Waals surface area contributed by atoms with Crippen molar-refractivity contribution in [1.82, 2.24) is 0 Å². The zero-order valence-corrected chi connectivity index (χ0v) is 15.3. The molecule has 136 valence electrons. The van der Waals surface area contributed by atoms with Gasteiger partial charge in [-0.2, -0.15) is 5.26 Å². The monoisotopic (exact) mass is 349 g/mol. The van der Waals surface area contributed by atoms with Crippen LogP contribution in [0.2, 0.25) is 0 Å². The Hall–Kier alpha value is -1.69. The number of fused-ring (bicyclic) bond motifs is 7. The molecule has 26 heavy (non-hydrogen) atoms. The molecule has 3 saturated carbocycles. The van der Waals surface area contributed by atoms with Crippen LogP contribution in [0.25, 0.3) is 0 Å². The van der Waals surface area contributed by atoms with Crippen LogP contribution in [-0.4, -0.2) is 11.6 Å². The highest BCUT2D eigenvalue weighted by Gasteiger charge is 2.51. The van der Waals surface area contributed by atoms with Crippen LogP contribution >= 0.6 is 0 Å². The van der Waals surface area contributed by atoms with Crippen LogP contribution in [-0.2, 0) is 9.59 Å². The standard InChI is InChI=1S/C23H27NO2/c24-12-15-9-19-14(10-21(15)25)6-7-17-18-8-5-13-3-1-2-4-16(13)23(18)22(26)11-20(17)19/h9,11,13-14,16-19,23H,1-8,10H2. The van der Waals surface area contributed by atoms with Crippen molar-refractivity contribution in [2.45, 2.75) is 57.8 Å². The maximum absolute atomic E-state index is 13.2. The molecule has 0 aromatic rings. The molecule has 0 amide bonds. The average molecular weight is 349 g/mol. The second-order valence-electron chi connectivity index (χ2n) is 9.31. The number of carbonyl (C=O) groups excluding carboxylic acids is 2. The number of ketones is 2. The van der Waals surface area contributed by atoms with Crippen LogP contribution in [0, 0.1) is 52.8 Å². The van der Waals surface area contributed by atoms with E-state index >= 15 is 0 Å². The Labute approximate surface area is 155 Å². The summed E-state index contributed by atoms with van der Waals surface area (Å²) in [4.78, 5) is 25.3. The van der Waals surface area contributed by atoms with E-state index in [2.05, 4.69) is 6.07 Å². The molecule has 7 atom stereocenters. The molecule has 0 radical (unpaired) electrons. The van der Waals surface area contributed by atoms with Crippen LogP contribution in [0.3, 0.4) is 0 Å². The smallest absolute Gasteiger partial charge is 0.173 e. The first-order chi connectivity index (χ1) is 12.7. The predicted molar refractivity (Wildman–Crippen MR) is 97.8 cm³/mol. The third kappa shape index (κ3) is 2.38. The van der Waals surface area contributed by atoms with Gasteiger partial charge in [-0.3, -0.25) is 9.59 Å². The summed E-state index contributed by atoms with van der Waals surface area (Å²) in [5, 5.41) is 9.29. The highest BCUT2D eigenvalue weighted by Crippen LogP contribution is 2.57. The number of carbonyl (C=O) groups is 2. The third-order valence-electron chi connectivity index (χ3n) is 8.30. The van der Waals surface area contributed by atoms with Crippen molar-refractivity contribution in [3.8, 4) is 6.07 Å². The van der Waals surface area contributed by atoms with Crippen molar-refractivity contribution in [2.24, 2.45) is 41.4 Å². The molecule has 7 unspecified atom stereocenters. The van der Waals surface area contributed by atoms with Crippen molar-refractivity contribution < 1.29 is 9.59 Å². The van der Waals surface area contributed by atoms with Crippen molar-refractivity contribution in [2.75, 3.05) is 0 Å². The van der Waals surface area contributed by atoms with Gasteiger partial charge in [-0.1, -0.05) is 30.9 Å². The molecule has 0 bridgehead atoms. The third-order valence-corrected chi connectivity index (χ3v) is 8.30. The second-order valence-corrected chi connectivity index (χ2v) is 9.31. The molecule has 3 nitrogen and oxygen atoms in total. The first-order valence-electron chi connectivity index (χ1n) is 10.6. The first-order valence-corrected chi connectivity index (χ1v) is 10.6. The fourth-order valence-electron chi connectivity index (χ4n) is 7.21. The summed E-state index contributed by atoms with van der Waals surface area (Å²) in [6.45, 7) is 0. The number of hydrogen-bond donors (Lipinski definition) is 0. The van der Waals surface area contributed by atoms with Gasteiger partial charge in [0, 0.05) is 18.3 Å². The molecule has 0 saturated heterocycles. The molecule has 5 aliphatic rings. The zero-order chi connectivity index (χ0) is 17.8. The SMILES string of the molecule is N#CC1=CC2C3=CC(=O)C4C5CCCCC5CCC4C3CCC2CC1=O. The van der Waals surface area contributed by atoms with E-state index in [1.165, 1.54) is 44.1 Å². The molecule has 3 heteroatoms. The summed E-state index contributed by atoms with van der Waals surface area (Å²) >= 11 is 0. The van der Waals surface area contributed by atoms with Crippen molar-refractivity contribution in [3.05, 3.63) is 23.3 Å². The van der Waals surface area contributed by atoms with E-state index in [4.69, 9.17) is 0 Å². The minimum absolute atomic E-state index is 0.00414. The lowest BCUT2D eigenvalue weighted by atomic mass is 9.51. The van der Waals surface area contributed by atoms with Crippen molar-refractivity contribution >= 4 is 11.6 Å². The van der Waals surface area contributed by atoms with Gasteiger partial charge in [-0.15, -0.1) is 0 Å². The molecule has 5 aliphatic carbocycles. The van der Waals surface area contributed by atoms with Crippen LogP contribution < -0.4 is 0 Å². The summed E-state index contributed by atoms with van der Waals surface area (Å²) in [6.07, 6.45) is 14.3. The first kappa shape index (κ1) is 16.5. The van der Waals surface area contributed by atoms with E-state index in [1.54, 1.807) is 0 Å². The molecule has 0 heterocycles. The molecule has 5 rings (SSSR count). The lowest BCUT2D eigenvalue weighted by Gasteiger charge is -2.52. The fraction of sp³-hybridized carbons (Fsp3) is 0.696. The number of rotatable bonds is 0. The second kappa shape index (κ2) is 6.19.